The summed E-state index contributed by atoms with van der Waals surface area (Å²) in [5, 5.41) is 18.7. The SMILES string of the molecule is C=CC(C)(C)c1[nH]c2cccc3c2c1C1(O)C([N-]C)C(C)(C=C)CCC1C3(C)C. The van der Waals surface area contributed by atoms with Crippen LogP contribution in [0.4, 0.5) is 0 Å². The maximum Gasteiger partial charge on any atom is 0.0806 e. The predicted molar refractivity (Wildman–Crippen MR) is 123 cm³/mol. The van der Waals surface area contributed by atoms with Gasteiger partial charge in [0.1, 0.15) is 0 Å². The summed E-state index contributed by atoms with van der Waals surface area (Å²) in [4.78, 5) is 3.67. The molecule has 2 aliphatic carbocycles. The molecule has 1 aromatic carbocycles. The number of hydrogen-bond acceptors (Lipinski definition) is 1. The standard InChI is InChI=1S/C26H35N2O/c1-9-23(3,4)21-20-19-16(12-11-13-17(19)28-21)24(5,6)18-14-15-25(7,10-2)22(27-8)26(18,20)29/h9-13,18,22,28-29H,1-2,14-15H2,3-8H3/q-1. The number of fused-ring (bicyclic) bond motifs is 2. The minimum Gasteiger partial charge on any atom is -0.659 e. The van der Waals surface area contributed by atoms with E-state index in [4.69, 9.17) is 5.32 Å². The molecule has 3 nitrogen and oxygen atoms in total. The summed E-state index contributed by atoms with van der Waals surface area (Å²) < 4.78 is 0. The lowest BCUT2D eigenvalue weighted by atomic mass is 9.48. The summed E-state index contributed by atoms with van der Waals surface area (Å²) in [5.74, 6) is 0.0741. The van der Waals surface area contributed by atoms with Gasteiger partial charge in [0.25, 0.3) is 0 Å². The van der Waals surface area contributed by atoms with E-state index in [0.717, 1.165) is 29.6 Å². The number of likely N-dealkylation sites (N-methyl/N-ethyl adjacent to an activating group) is 1. The normalized spacial score (nSPS) is 33.3. The lowest BCUT2D eigenvalue weighted by Gasteiger charge is -2.65. The molecule has 4 rings (SSSR count). The third-order valence-electron chi connectivity index (χ3n) is 8.21. The van der Waals surface area contributed by atoms with Crippen molar-refractivity contribution in [3.8, 4) is 0 Å². The second-order valence-corrected chi connectivity index (χ2v) is 10.5. The molecule has 4 unspecified atom stereocenters. The molecule has 4 atom stereocenters. The van der Waals surface area contributed by atoms with E-state index in [-0.39, 0.29) is 28.2 Å². The number of rotatable bonds is 4. The molecule has 1 heterocycles. The molecule has 0 amide bonds. The molecule has 0 aliphatic heterocycles. The van der Waals surface area contributed by atoms with Crippen LogP contribution in [-0.4, -0.2) is 23.2 Å². The van der Waals surface area contributed by atoms with Crippen LogP contribution >= 0.6 is 0 Å². The van der Waals surface area contributed by atoms with Crippen LogP contribution in [0.3, 0.4) is 0 Å². The molecule has 2 aliphatic rings. The van der Waals surface area contributed by atoms with E-state index in [1.54, 1.807) is 0 Å². The van der Waals surface area contributed by atoms with E-state index in [1.165, 1.54) is 10.9 Å². The number of aliphatic hydroxyl groups is 1. The molecule has 1 fully saturated rings. The molecule has 1 saturated carbocycles. The third-order valence-corrected chi connectivity index (χ3v) is 8.21. The fourth-order valence-electron chi connectivity index (χ4n) is 6.39. The van der Waals surface area contributed by atoms with E-state index in [2.05, 4.69) is 71.0 Å². The van der Waals surface area contributed by atoms with Gasteiger partial charge in [-0.2, -0.15) is 7.05 Å². The smallest absolute Gasteiger partial charge is 0.0806 e. The Kier molecular flexibility index (Phi) is 4.29. The highest BCUT2D eigenvalue weighted by Crippen LogP contribution is 2.63. The molecule has 29 heavy (non-hydrogen) atoms. The van der Waals surface area contributed by atoms with Gasteiger partial charge < -0.3 is 15.4 Å². The number of benzene rings is 1. The molecular weight excluding hydrogens is 356 g/mol. The predicted octanol–water partition coefficient (Wildman–Crippen LogP) is 6.08. The van der Waals surface area contributed by atoms with Gasteiger partial charge in [-0.15, -0.1) is 13.2 Å². The second-order valence-electron chi connectivity index (χ2n) is 10.5. The van der Waals surface area contributed by atoms with Crippen LogP contribution in [0.1, 0.15) is 64.3 Å². The molecular formula is C26H35N2O-. The van der Waals surface area contributed by atoms with E-state index >= 15 is 0 Å². The molecule has 2 N–H and O–H groups in total. The number of aromatic nitrogens is 1. The van der Waals surface area contributed by atoms with Gasteiger partial charge in [0.2, 0.25) is 0 Å². The van der Waals surface area contributed by atoms with Gasteiger partial charge in [-0.1, -0.05) is 64.9 Å². The maximum atomic E-state index is 12.7. The molecule has 2 aromatic rings. The maximum absolute atomic E-state index is 12.7. The van der Waals surface area contributed by atoms with Gasteiger partial charge in [-0.05, 0) is 41.2 Å². The quantitative estimate of drug-likeness (QED) is 0.609. The summed E-state index contributed by atoms with van der Waals surface area (Å²) in [5.41, 5.74) is 2.71. The van der Waals surface area contributed by atoms with Gasteiger partial charge >= 0.3 is 0 Å². The van der Waals surface area contributed by atoms with E-state index < -0.39 is 5.60 Å². The number of nitrogens with zero attached hydrogens (tertiary/aromatic N) is 1. The molecule has 0 spiro atoms. The number of nitrogens with one attached hydrogen (secondary N) is 1. The van der Waals surface area contributed by atoms with Crippen LogP contribution in [-0.2, 0) is 16.4 Å². The van der Waals surface area contributed by atoms with Gasteiger partial charge in [-0.25, -0.2) is 0 Å². The Labute approximate surface area is 175 Å². The zero-order chi connectivity index (χ0) is 21.4. The Morgan fingerprint density at radius 3 is 2.52 bits per heavy atom. The summed E-state index contributed by atoms with van der Waals surface area (Å²) in [6.07, 6.45) is 5.89. The minimum atomic E-state index is -1.07. The van der Waals surface area contributed by atoms with E-state index in [0.29, 0.717) is 0 Å². The minimum absolute atomic E-state index is 0.0741. The Hall–Kier alpha value is -1.84. The van der Waals surface area contributed by atoms with Crippen molar-refractivity contribution < 1.29 is 5.11 Å². The second kappa shape index (κ2) is 6.09. The highest BCUT2D eigenvalue weighted by molar-refractivity contribution is 5.92. The van der Waals surface area contributed by atoms with Crippen LogP contribution in [0.2, 0.25) is 0 Å². The first-order chi connectivity index (χ1) is 13.5. The van der Waals surface area contributed by atoms with Crippen LogP contribution in [0, 0.1) is 11.3 Å². The number of aromatic amines is 1. The van der Waals surface area contributed by atoms with E-state index in [9.17, 15) is 5.11 Å². The Balaban J connectivity index is 2.18. The van der Waals surface area contributed by atoms with Crippen LogP contribution in [0.15, 0.2) is 43.5 Å². The van der Waals surface area contributed by atoms with Crippen molar-refractivity contribution in [3.63, 3.8) is 0 Å². The van der Waals surface area contributed by atoms with Crippen LogP contribution in [0.25, 0.3) is 16.2 Å². The highest BCUT2D eigenvalue weighted by Gasteiger charge is 2.60. The number of allylic oxidation sites excluding steroid dienone is 1. The monoisotopic (exact) mass is 391 g/mol. The van der Waals surface area contributed by atoms with Gasteiger partial charge in [0.15, 0.2) is 0 Å². The first kappa shape index (κ1) is 20.4. The number of H-pyrrole nitrogens is 1. The lowest BCUT2D eigenvalue weighted by molar-refractivity contribution is -0.119. The molecule has 3 heteroatoms. The van der Waals surface area contributed by atoms with Gasteiger partial charge in [0.05, 0.1) is 5.60 Å². The average Bonchev–Trinajstić information content (AvgIpc) is 3.08. The van der Waals surface area contributed by atoms with Gasteiger partial charge in [0, 0.05) is 27.6 Å². The van der Waals surface area contributed by atoms with Crippen molar-refractivity contribution in [2.45, 2.75) is 69.9 Å². The van der Waals surface area contributed by atoms with Crippen molar-refractivity contribution in [1.82, 2.24) is 4.98 Å². The van der Waals surface area contributed by atoms with E-state index in [1.807, 2.05) is 19.2 Å². The highest BCUT2D eigenvalue weighted by atomic mass is 16.3. The summed E-state index contributed by atoms with van der Waals surface area (Å²) >= 11 is 0. The molecule has 0 bridgehead atoms. The fraction of sp³-hybridized carbons (Fsp3) is 0.538. The van der Waals surface area contributed by atoms with Crippen molar-refractivity contribution in [2.75, 3.05) is 7.05 Å². The summed E-state index contributed by atoms with van der Waals surface area (Å²) in [7, 11) is 1.85. The van der Waals surface area contributed by atoms with Crippen LogP contribution in [0.5, 0.6) is 0 Å². The zero-order valence-corrected chi connectivity index (χ0v) is 18.8. The Bertz CT molecular complexity index is 998. The number of hydrogen-bond donors (Lipinski definition) is 2. The summed E-state index contributed by atoms with van der Waals surface area (Å²) in [6, 6.07) is 6.24. The summed E-state index contributed by atoms with van der Waals surface area (Å²) in [6.45, 7) is 19.3. The molecule has 0 radical (unpaired) electrons. The Morgan fingerprint density at radius 2 is 1.93 bits per heavy atom. The van der Waals surface area contributed by atoms with Crippen molar-refractivity contribution in [2.24, 2.45) is 11.3 Å². The fourth-order valence-corrected chi connectivity index (χ4v) is 6.39. The molecule has 0 saturated heterocycles. The first-order valence-corrected chi connectivity index (χ1v) is 10.7. The zero-order valence-electron chi connectivity index (χ0n) is 18.8. The molecule has 156 valence electrons. The third kappa shape index (κ3) is 2.38. The Morgan fingerprint density at radius 1 is 1.24 bits per heavy atom. The van der Waals surface area contributed by atoms with Gasteiger partial charge in [-0.3, -0.25) is 0 Å². The molecule has 1 aromatic heterocycles. The lowest BCUT2D eigenvalue weighted by Crippen LogP contribution is -2.62. The largest absolute Gasteiger partial charge is 0.659 e. The van der Waals surface area contributed by atoms with Crippen molar-refractivity contribution >= 4 is 10.9 Å². The topological polar surface area (TPSA) is 50.1 Å². The van der Waals surface area contributed by atoms with Crippen molar-refractivity contribution in [1.29, 1.82) is 0 Å². The first-order valence-electron chi connectivity index (χ1n) is 10.7. The average molecular weight is 392 g/mol. The van der Waals surface area contributed by atoms with Crippen LogP contribution < -0.4 is 0 Å². The van der Waals surface area contributed by atoms with Crippen molar-refractivity contribution in [3.05, 3.63) is 65.6 Å².